The first kappa shape index (κ1) is 13.9. The number of anilines is 2. The zero-order chi connectivity index (χ0) is 14.7. The van der Waals surface area contributed by atoms with Gasteiger partial charge < -0.3 is 20.3 Å². The van der Waals surface area contributed by atoms with Crippen molar-refractivity contribution in [3.63, 3.8) is 0 Å². The Balaban J connectivity index is 1.56. The molecule has 0 aromatic heterocycles. The lowest BCUT2D eigenvalue weighted by Gasteiger charge is -2.16. The van der Waals surface area contributed by atoms with Crippen molar-refractivity contribution >= 4 is 23.3 Å². The maximum atomic E-state index is 11.8. The van der Waals surface area contributed by atoms with Crippen LogP contribution in [-0.2, 0) is 9.53 Å². The molecule has 0 aliphatic carbocycles. The molecule has 2 aliphatic heterocycles. The van der Waals surface area contributed by atoms with Crippen LogP contribution in [0.2, 0.25) is 0 Å². The van der Waals surface area contributed by atoms with Crippen molar-refractivity contribution in [2.45, 2.75) is 25.3 Å². The molecule has 6 heteroatoms. The van der Waals surface area contributed by atoms with Crippen LogP contribution in [0.4, 0.5) is 16.2 Å². The molecule has 2 fully saturated rings. The molecule has 0 saturated carbocycles. The molecule has 0 unspecified atom stereocenters. The third-order valence-corrected chi connectivity index (χ3v) is 3.78. The van der Waals surface area contributed by atoms with Gasteiger partial charge >= 0.3 is 6.03 Å². The molecular formula is C15H19N3O3. The van der Waals surface area contributed by atoms with Crippen LogP contribution in [0.5, 0.6) is 0 Å². The van der Waals surface area contributed by atoms with Crippen LogP contribution < -0.4 is 15.5 Å². The zero-order valence-electron chi connectivity index (χ0n) is 11.8. The summed E-state index contributed by atoms with van der Waals surface area (Å²) in [5.74, 6) is 0.162. The minimum atomic E-state index is -0.226. The number of amides is 3. The average molecular weight is 289 g/mol. The summed E-state index contributed by atoms with van der Waals surface area (Å²) in [6.07, 6.45) is 2.37. The molecule has 21 heavy (non-hydrogen) atoms. The van der Waals surface area contributed by atoms with Gasteiger partial charge in [0.15, 0.2) is 0 Å². The topological polar surface area (TPSA) is 70.7 Å². The fourth-order valence-electron chi connectivity index (χ4n) is 2.65. The third kappa shape index (κ3) is 3.33. The van der Waals surface area contributed by atoms with Gasteiger partial charge in [0.25, 0.3) is 0 Å². The first-order valence-electron chi connectivity index (χ1n) is 7.28. The summed E-state index contributed by atoms with van der Waals surface area (Å²) in [5, 5.41) is 5.65. The molecule has 2 N–H and O–H groups in total. The standard InChI is InChI=1S/C15H19N3O3/c19-14-2-1-8-18(14)13-5-3-11(4-6-13)16-15(20)17-12-7-9-21-10-12/h3-6,12H,1-2,7-10H2,(H2,16,17,20)/t12-/m1/s1. The van der Waals surface area contributed by atoms with E-state index < -0.39 is 0 Å². The number of hydrogen-bond donors (Lipinski definition) is 2. The number of rotatable bonds is 3. The van der Waals surface area contributed by atoms with Crippen molar-refractivity contribution in [2.24, 2.45) is 0 Å². The summed E-state index contributed by atoms with van der Waals surface area (Å²) in [6.45, 7) is 2.04. The monoisotopic (exact) mass is 289 g/mol. The Morgan fingerprint density at radius 3 is 2.71 bits per heavy atom. The van der Waals surface area contributed by atoms with Crippen LogP contribution in [-0.4, -0.2) is 37.7 Å². The number of carbonyl (C=O) groups is 2. The molecule has 1 atom stereocenters. The Bertz CT molecular complexity index is 523. The molecular weight excluding hydrogens is 270 g/mol. The predicted octanol–water partition coefficient (Wildman–Crippen LogP) is 1.72. The average Bonchev–Trinajstić information content (AvgIpc) is 3.11. The smallest absolute Gasteiger partial charge is 0.319 e. The van der Waals surface area contributed by atoms with Crippen molar-refractivity contribution in [2.75, 3.05) is 30.0 Å². The summed E-state index contributed by atoms with van der Waals surface area (Å²) in [4.78, 5) is 25.3. The van der Waals surface area contributed by atoms with E-state index in [9.17, 15) is 9.59 Å². The molecule has 6 nitrogen and oxygen atoms in total. The maximum absolute atomic E-state index is 11.8. The Morgan fingerprint density at radius 1 is 1.29 bits per heavy atom. The fourth-order valence-corrected chi connectivity index (χ4v) is 2.65. The number of nitrogens with zero attached hydrogens (tertiary/aromatic N) is 1. The predicted molar refractivity (Wildman–Crippen MR) is 79.4 cm³/mol. The number of hydrogen-bond acceptors (Lipinski definition) is 3. The van der Waals surface area contributed by atoms with Gasteiger partial charge in [0, 0.05) is 30.9 Å². The summed E-state index contributed by atoms with van der Waals surface area (Å²) in [7, 11) is 0. The Labute approximate surface area is 123 Å². The molecule has 2 saturated heterocycles. The van der Waals surface area contributed by atoms with Gasteiger partial charge in [0.2, 0.25) is 5.91 Å². The number of urea groups is 1. The number of carbonyl (C=O) groups excluding carboxylic acids is 2. The highest BCUT2D eigenvalue weighted by atomic mass is 16.5. The van der Waals surface area contributed by atoms with Gasteiger partial charge in [0.1, 0.15) is 0 Å². The van der Waals surface area contributed by atoms with E-state index in [1.807, 2.05) is 24.3 Å². The highest BCUT2D eigenvalue weighted by molar-refractivity contribution is 5.96. The van der Waals surface area contributed by atoms with E-state index >= 15 is 0 Å². The quantitative estimate of drug-likeness (QED) is 0.890. The second kappa shape index (κ2) is 6.13. The summed E-state index contributed by atoms with van der Waals surface area (Å²) in [5.41, 5.74) is 1.59. The van der Waals surface area contributed by atoms with Crippen molar-refractivity contribution in [1.82, 2.24) is 5.32 Å². The zero-order valence-corrected chi connectivity index (χ0v) is 11.8. The lowest BCUT2D eigenvalue weighted by Crippen LogP contribution is -2.38. The highest BCUT2D eigenvalue weighted by Crippen LogP contribution is 2.23. The van der Waals surface area contributed by atoms with Crippen LogP contribution >= 0.6 is 0 Å². The molecule has 2 heterocycles. The van der Waals surface area contributed by atoms with Crippen molar-refractivity contribution in [3.05, 3.63) is 24.3 Å². The van der Waals surface area contributed by atoms with Crippen LogP contribution in [0.1, 0.15) is 19.3 Å². The summed E-state index contributed by atoms with van der Waals surface area (Å²) >= 11 is 0. The van der Waals surface area contributed by atoms with Crippen molar-refractivity contribution in [3.8, 4) is 0 Å². The summed E-state index contributed by atoms with van der Waals surface area (Å²) in [6, 6.07) is 7.20. The normalized spacial score (nSPS) is 21.6. The largest absolute Gasteiger partial charge is 0.379 e. The van der Waals surface area contributed by atoms with Gasteiger partial charge in [0.05, 0.1) is 12.6 Å². The van der Waals surface area contributed by atoms with E-state index in [2.05, 4.69) is 10.6 Å². The van der Waals surface area contributed by atoms with Gasteiger partial charge in [-0.15, -0.1) is 0 Å². The fraction of sp³-hybridized carbons (Fsp3) is 0.467. The molecule has 3 rings (SSSR count). The van der Waals surface area contributed by atoms with Crippen LogP contribution in [0, 0.1) is 0 Å². The lowest BCUT2D eigenvalue weighted by atomic mass is 10.2. The minimum Gasteiger partial charge on any atom is -0.379 e. The molecule has 2 aliphatic rings. The lowest BCUT2D eigenvalue weighted by molar-refractivity contribution is -0.117. The molecule has 0 spiro atoms. The molecule has 1 aromatic rings. The van der Waals surface area contributed by atoms with Crippen molar-refractivity contribution < 1.29 is 14.3 Å². The second-order valence-corrected chi connectivity index (χ2v) is 5.35. The van der Waals surface area contributed by atoms with Gasteiger partial charge in [-0.3, -0.25) is 4.79 Å². The molecule has 112 valence electrons. The van der Waals surface area contributed by atoms with Gasteiger partial charge in [-0.25, -0.2) is 4.79 Å². The van der Waals surface area contributed by atoms with Crippen molar-refractivity contribution in [1.29, 1.82) is 0 Å². The Kier molecular flexibility index (Phi) is 4.06. The van der Waals surface area contributed by atoms with E-state index in [1.165, 1.54) is 0 Å². The second-order valence-electron chi connectivity index (χ2n) is 5.35. The van der Waals surface area contributed by atoms with E-state index in [4.69, 9.17) is 4.74 Å². The molecule has 1 aromatic carbocycles. The first-order valence-corrected chi connectivity index (χ1v) is 7.28. The minimum absolute atomic E-state index is 0.0893. The third-order valence-electron chi connectivity index (χ3n) is 3.78. The van der Waals surface area contributed by atoms with Crippen LogP contribution in [0.25, 0.3) is 0 Å². The number of nitrogens with one attached hydrogen (secondary N) is 2. The SMILES string of the molecule is O=C(Nc1ccc(N2CCCC2=O)cc1)N[C@@H]1CCOC1. The molecule has 0 radical (unpaired) electrons. The highest BCUT2D eigenvalue weighted by Gasteiger charge is 2.21. The van der Waals surface area contributed by atoms with E-state index in [-0.39, 0.29) is 18.0 Å². The van der Waals surface area contributed by atoms with Gasteiger partial charge in [-0.1, -0.05) is 0 Å². The Morgan fingerprint density at radius 2 is 2.10 bits per heavy atom. The molecule has 3 amide bonds. The number of benzene rings is 1. The van der Waals surface area contributed by atoms with Gasteiger partial charge in [-0.05, 0) is 37.1 Å². The van der Waals surface area contributed by atoms with Crippen LogP contribution in [0.15, 0.2) is 24.3 Å². The van der Waals surface area contributed by atoms with E-state index in [0.29, 0.717) is 25.3 Å². The maximum Gasteiger partial charge on any atom is 0.319 e. The van der Waals surface area contributed by atoms with Gasteiger partial charge in [-0.2, -0.15) is 0 Å². The Hall–Kier alpha value is -2.08. The van der Waals surface area contributed by atoms with E-state index in [1.54, 1.807) is 4.90 Å². The summed E-state index contributed by atoms with van der Waals surface area (Å²) < 4.78 is 5.21. The first-order chi connectivity index (χ1) is 10.2. The van der Waals surface area contributed by atoms with Crippen LogP contribution in [0.3, 0.4) is 0 Å². The molecule has 0 bridgehead atoms. The number of ether oxygens (including phenoxy) is 1. The van der Waals surface area contributed by atoms with E-state index in [0.717, 1.165) is 25.1 Å².